The Labute approximate surface area is 185 Å². The van der Waals surface area contributed by atoms with E-state index in [0.29, 0.717) is 17.3 Å². The Morgan fingerprint density at radius 1 is 1.06 bits per heavy atom. The summed E-state index contributed by atoms with van der Waals surface area (Å²) in [6.45, 7) is 0. The van der Waals surface area contributed by atoms with Gasteiger partial charge >= 0.3 is 0 Å². The molecule has 158 valence electrons. The monoisotopic (exact) mass is 424 g/mol. The van der Waals surface area contributed by atoms with Crippen LogP contribution in [0.4, 0.5) is 15.9 Å². The molecule has 1 aliphatic rings. The van der Waals surface area contributed by atoms with Crippen molar-refractivity contribution in [2.75, 3.05) is 12.4 Å². The molecule has 0 fully saturated rings. The molecule has 1 aliphatic carbocycles. The van der Waals surface area contributed by atoms with E-state index in [1.165, 1.54) is 12.1 Å². The first-order valence-corrected chi connectivity index (χ1v) is 10.4. The number of anilines is 2. The van der Waals surface area contributed by atoms with Crippen molar-refractivity contribution in [3.8, 4) is 11.4 Å². The van der Waals surface area contributed by atoms with Gasteiger partial charge in [-0.05, 0) is 66.6 Å². The highest BCUT2D eigenvalue weighted by Gasteiger charge is 2.16. The lowest BCUT2D eigenvalue weighted by molar-refractivity contribution is 0.302. The van der Waals surface area contributed by atoms with Crippen molar-refractivity contribution in [1.29, 1.82) is 0 Å². The third-order valence-corrected chi connectivity index (χ3v) is 5.43. The average Bonchev–Trinajstić information content (AvgIpc) is 2.84. The van der Waals surface area contributed by atoms with Crippen LogP contribution in [0.15, 0.2) is 91.0 Å². The number of rotatable bonds is 5. The second-order valence-electron chi connectivity index (χ2n) is 7.57. The predicted molar refractivity (Wildman–Crippen MR) is 124 cm³/mol. The third kappa shape index (κ3) is 4.07. The molecule has 1 N–H and O–H groups in total. The number of allylic oxidation sites excluding steroid dienone is 3. The van der Waals surface area contributed by atoms with E-state index in [1.54, 1.807) is 25.6 Å². The molecule has 0 radical (unpaired) electrons. The molecule has 1 atom stereocenters. The van der Waals surface area contributed by atoms with Crippen LogP contribution in [0, 0.1) is 5.82 Å². The highest BCUT2D eigenvalue weighted by molar-refractivity contribution is 5.93. The van der Waals surface area contributed by atoms with E-state index in [4.69, 9.17) is 14.7 Å². The number of hydrogen-bond acceptors (Lipinski definition) is 5. The van der Waals surface area contributed by atoms with E-state index in [1.807, 2.05) is 30.3 Å². The molecule has 0 spiro atoms. The second-order valence-corrected chi connectivity index (χ2v) is 7.57. The fourth-order valence-corrected chi connectivity index (χ4v) is 3.82. The van der Waals surface area contributed by atoms with E-state index in [2.05, 4.69) is 34.6 Å². The summed E-state index contributed by atoms with van der Waals surface area (Å²) in [5, 5.41) is 4.14. The zero-order valence-corrected chi connectivity index (χ0v) is 17.5. The standard InChI is InChI=1S/C26H21FN4O/c1-32-22-9-2-5-17(13-22)18-10-11-24-23(14-18)26(29-21-8-3-7-20(27)15-21)31-25(30-24)19-6-4-12-28-16-19/h2-4,6-17H,5H2,1H3,(H,29,30,31). The number of nitrogens with zero attached hydrogens (tertiary/aromatic N) is 3. The molecule has 5 rings (SSSR count). The molecular formula is C26H21FN4O. The Hall–Kier alpha value is -4.06. The number of ether oxygens (including phenoxy) is 1. The Morgan fingerprint density at radius 2 is 2.00 bits per heavy atom. The van der Waals surface area contributed by atoms with Crippen LogP contribution in [0.1, 0.15) is 17.9 Å². The van der Waals surface area contributed by atoms with Crippen LogP contribution >= 0.6 is 0 Å². The van der Waals surface area contributed by atoms with Crippen molar-refractivity contribution in [2.45, 2.75) is 12.3 Å². The SMILES string of the molecule is COC1=CC(c2ccc3nc(-c4cccnc4)nc(Nc4cccc(F)c4)c3c2)CC=C1. The smallest absolute Gasteiger partial charge is 0.163 e. The maximum absolute atomic E-state index is 13.8. The number of methoxy groups -OCH3 is 1. The number of aromatic nitrogens is 3. The number of pyridine rings is 1. The average molecular weight is 424 g/mol. The van der Waals surface area contributed by atoms with Gasteiger partial charge < -0.3 is 10.1 Å². The molecule has 5 nitrogen and oxygen atoms in total. The molecule has 0 saturated carbocycles. The molecule has 1 unspecified atom stereocenters. The normalized spacial score (nSPS) is 15.4. The van der Waals surface area contributed by atoms with E-state index >= 15 is 0 Å². The summed E-state index contributed by atoms with van der Waals surface area (Å²) in [7, 11) is 1.67. The minimum atomic E-state index is -0.312. The van der Waals surface area contributed by atoms with Gasteiger partial charge in [0.2, 0.25) is 0 Å². The van der Waals surface area contributed by atoms with Crippen molar-refractivity contribution in [1.82, 2.24) is 15.0 Å². The Balaban J connectivity index is 1.63. The summed E-state index contributed by atoms with van der Waals surface area (Å²) < 4.78 is 19.2. The van der Waals surface area contributed by atoms with Gasteiger partial charge in [0.15, 0.2) is 5.82 Å². The quantitative estimate of drug-likeness (QED) is 0.416. The Bertz CT molecular complexity index is 1330. The van der Waals surface area contributed by atoms with Crippen LogP contribution in [0.25, 0.3) is 22.3 Å². The summed E-state index contributed by atoms with van der Waals surface area (Å²) in [6, 6.07) is 16.3. The van der Waals surface area contributed by atoms with Crippen molar-refractivity contribution in [3.63, 3.8) is 0 Å². The molecule has 0 aliphatic heterocycles. The zero-order chi connectivity index (χ0) is 21.9. The minimum Gasteiger partial charge on any atom is -0.497 e. The van der Waals surface area contributed by atoms with Crippen molar-refractivity contribution in [3.05, 3.63) is 102 Å². The van der Waals surface area contributed by atoms with Gasteiger partial charge in [-0.25, -0.2) is 14.4 Å². The van der Waals surface area contributed by atoms with E-state index in [0.717, 1.165) is 34.2 Å². The van der Waals surface area contributed by atoms with Gasteiger partial charge in [-0.1, -0.05) is 18.2 Å². The summed E-state index contributed by atoms with van der Waals surface area (Å²) in [6.07, 6.45) is 10.5. The van der Waals surface area contributed by atoms with Crippen molar-refractivity contribution < 1.29 is 9.13 Å². The summed E-state index contributed by atoms with van der Waals surface area (Å²) in [4.78, 5) is 13.7. The van der Waals surface area contributed by atoms with Crippen molar-refractivity contribution in [2.24, 2.45) is 0 Å². The van der Waals surface area contributed by atoms with Gasteiger partial charge in [0.25, 0.3) is 0 Å². The van der Waals surface area contributed by atoms with Crippen LogP contribution in [0.5, 0.6) is 0 Å². The highest BCUT2D eigenvalue weighted by atomic mass is 19.1. The lowest BCUT2D eigenvalue weighted by Crippen LogP contribution is -2.03. The minimum absolute atomic E-state index is 0.194. The van der Waals surface area contributed by atoms with Gasteiger partial charge in [-0.2, -0.15) is 0 Å². The highest BCUT2D eigenvalue weighted by Crippen LogP contribution is 2.33. The maximum atomic E-state index is 13.8. The van der Waals surface area contributed by atoms with Gasteiger partial charge in [0, 0.05) is 34.9 Å². The molecule has 0 saturated heterocycles. The van der Waals surface area contributed by atoms with Gasteiger partial charge in [0.05, 0.1) is 12.6 Å². The van der Waals surface area contributed by atoms with Crippen LogP contribution in [0.3, 0.4) is 0 Å². The molecule has 2 aromatic heterocycles. The molecule has 2 heterocycles. The Kier molecular flexibility index (Phi) is 5.34. The largest absolute Gasteiger partial charge is 0.497 e. The molecule has 0 amide bonds. The molecule has 2 aromatic carbocycles. The van der Waals surface area contributed by atoms with Gasteiger partial charge in [-0.3, -0.25) is 4.98 Å². The lowest BCUT2D eigenvalue weighted by atomic mass is 9.91. The summed E-state index contributed by atoms with van der Waals surface area (Å²) in [5.74, 6) is 1.90. The summed E-state index contributed by atoms with van der Waals surface area (Å²) >= 11 is 0. The fraction of sp³-hybridized carbons (Fsp3) is 0.115. The van der Waals surface area contributed by atoms with E-state index in [9.17, 15) is 4.39 Å². The van der Waals surface area contributed by atoms with Crippen LogP contribution in [0.2, 0.25) is 0 Å². The molecule has 4 aromatic rings. The van der Waals surface area contributed by atoms with E-state index in [-0.39, 0.29) is 11.7 Å². The van der Waals surface area contributed by atoms with E-state index < -0.39 is 0 Å². The Morgan fingerprint density at radius 3 is 2.81 bits per heavy atom. The first-order valence-electron chi connectivity index (χ1n) is 10.4. The second kappa shape index (κ2) is 8.59. The molecule has 0 bridgehead atoms. The first kappa shape index (κ1) is 19.9. The van der Waals surface area contributed by atoms with Crippen LogP contribution < -0.4 is 5.32 Å². The number of nitrogens with one attached hydrogen (secondary N) is 1. The van der Waals surface area contributed by atoms with Gasteiger partial charge in [0.1, 0.15) is 17.4 Å². The first-order chi connectivity index (χ1) is 15.7. The number of halogens is 1. The van der Waals surface area contributed by atoms with Crippen molar-refractivity contribution >= 4 is 22.4 Å². The molecule has 6 heteroatoms. The fourth-order valence-electron chi connectivity index (χ4n) is 3.82. The number of fused-ring (bicyclic) bond motifs is 1. The topological polar surface area (TPSA) is 59.9 Å². The lowest BCUT2D eigenvalue weighted by Gasteiger charge is -2.18. The van der Waals surface area contributed by atoms with Crippen LogP contribution in [-0.2, 0) is 4.74 Å². The number of benzene rings is 2. The predicted octanol–water partition coefficient (Wildman–Crippen LogP) is 6.15. The number of hydrogen-bond donors (Lipinski definition) is 1. The zero-order valence-electron chi connectivity index (χ0n) is 17.5. The maximum Gasteiger partial charge on any atom is 0.163 e. The molecule has 32 heavy (non-hydrogen) atoms. The third-order valence-electron chi connectivity index (χ3n) is 5.43. The molecular weight excluding hydrogens is 403 g/mol. The van der Waals surface area contributed by atoms with Crippen LogP contribution in [-0.4, -0.2) is 22.1 Å². The summed E-state index contributed by atoms with van der Waals surface area (Å²) in [5.41, 5.74) is 3.36. The van der Waals surface area contributed by atoms with Gasteiger partial charge in [-0.15, -0.1) is 0 Å².